The molecular weight excluding hydrogens is 253 g/mol. The second-order valence-electron chi connectivity index (χ2n) is 3.28. The predicted octanol–water partition coefficient (Wildman–Crippen LogP) is 2.25. The van der Waals surface area contributed by atoms with Crippen LogP contribution in [0.4, 0.5) is 4.39 Å². The van der Waals surface area contributed by atoms with Crippen LogP contribution in [-0.2, 0) is 15.9 Å². The molecule has 1 rings (SSSR count). The molecule has 3 nitrogen and oxygen atoms in total. The zero-order valence-electron chi connectivity index (χ0n) is 8.83. The van der Waals surface area contributed by atoms with Crippen molar-refractivity contribution in [3.8, 4) is 0 Å². The van der Waals surface area contributed by atoms with E-state index in [1.807, 2.05) is 6.92 Å². The lowest BCUT2D eigenvalue weighted by Crippen LogP contribution is -2.25. The normalized spacial score (nSPS) is 11.7. The van der Waals surface area contributed by atoms with Crippen LogP contribution in [0.25, 0.3) is 0 Å². The summed E-state index contributed by atoms with van der Waals surface area (Å²) in [4.78, 5) is -0.0871. The van der Waals surface area contributed by atoms with E-state index in [0.717, 1.165) is 6.07 Å². The zero-order chi connectivity index (χ0) is 12.2. The van der Waals surface area contributed by atoms with Crippen LogP contribution < -0.4 is 4.72 Å². The Hall–Kier alpha value is -0.650. The van der Waals surface area contributed by atoms with Gasteiger partial charge in [-0.05, 0) is 24.1 Å². The Morgan fingerprint density at radius 3 is 2.69 bits per heavy atom. The molecule has 0 bridgehead atoms. The minimum Gasteiger partial charge on any atom is -0.211 e. The number of hydrogen-bond acceptors (Lipinski definition) is 2. The van der Waals surface area contributed by atoms with Gasteiger partial charge in [0.1, 0.15) is 5.82 Å². The van der Waals surface area contributed by atoms with Crippen molar-refractivity contribution in [3.05, 3.63) is 29.6 Å². The van der Waals surface area contributed by atoms with Gasteiger partial charge in [0.05, 0.1) is 4.90 Å². The molecule has 0 aromatic heterocycles. The average molecular weight is 266 g/mol. The maximum absolute atomic E-state index is 13.0. The summed E-state index contributed by atoms with van der Waals surface area (Å²) in [6.45, 7) is 2.16. The smallest absolute Gasteiger partial charge is 0.211 e. The van der Waals surface area contributed by atoms with E-state index in [-0.39, 0.29) is 10.8 Å². The fraction of sp³-hybridized carbons (Fsp3) is 0.400. The highest BCUT2D eigenvalue weighted by Crippen LogP contribution is 2.18. The van der Waals surface area contributed by atoms with Gasteiger partial charge in [0.15, 0.2) is 0 Å². The lowest BCUT2D eigenvalue weighted by molar-refractivity contribution is 0.576. The number of halogens is 2. The molecular formula is C10H13ClFNO2S. The summed E-state index contributed by atoms with van der Waals surface area (Å²) in [6.07, 6.45) is 0.671. The maximum Gasteiger partial charge on any atom is 0.240 e. The van der Waals surface area contributed by atoms with Gasteiger partial charge >= 0.3 is 0 Å². The first-order valence-corrected chi connectivity index (χ1v) is 6.87. The monoisotopic (exact) mass is 265 g/mol. The van der Waals surface area contributed by atoms with Crippen LogP contribution in [0.5, 0.6) is 0 Å². The van der Waals surface area contributed by atoms with E-state index >= 15 is 0 Å². The van der Waals surface area contributed by atoms with Crippen LogP contribution in [0.3, 0.4) is 0 Å². The number of sulfonamides is 1. The van der Waals surface area contributed by atoms with E-state index in [2.05, 4.69) is 4.72 Å². The van der Waals surface area contributed by atoms with Crippen molar-refractivity contribution in [2.24, 2.45) is 0 Å². The fourth-order valence-electron chi connectivity index (χ4n) is 1.20. The predicted molar refractivity (Wildman–Crippen MR) is 61.4 cm³/mol. The van der Waals surface area contributed by atoms with Crippen LogP contribution >= 0.6 is 11.6 Å². The van der Waals surface area contributed by atoms with Crippen molar-refractivity contribution >= 4 is 21.6 Å². The van der Waals surface area contributed by atoms with Crippen LogP contribution in [0.1, 0.15) is 18.9 Å². The third-order valence-electron chi connectivity index (χ3n) is 2.00. The first-order chi connectivity index (χ1) is 7.51. The Kier molecular flexibility index (Phi) is 4.70. The van der Waals surface area contributed by atoms with Crippen LogP contribution in [-0.4, -0.2) is 15.0 Å². The van der Waals surface area contributed by atoms with Gasteiger partial charge in [-0.25, -0.2) is 17.5 Å². The third kappa shape index (κ3) is 3.17. The minimum atomic E-state index is -3.66. The van der Waals surface area contributed by atoms with Crippen molar-refractivity contribution in [3.63, 3.8) is 0 Å². The quantitative estimate of drug-likeness (QED) is 0.830. The average Bonchev–Trinajstić information content (AvgIpc) is 2.26. The summed E-state index contributed by atoms with van der Waals surface area (Å²) in [6, 6.07) is 3.55. The highest BCUT2D eigenvalue weighted by molar-refractivity contribution is 7.89. The summed E-state index contributed by atoms with van der Waals surface area (Å²) in [5.41, 5.74) is 0.395. The second-order valence-corrected chi connectivity index (χ2v) is 5.29. The van der Waals surface area contributed by atoms with Gasteiger partial charge in [0.2, 0.25) is 10.0 Å². The largest absolute Gasteiger partial charge is 0.240 e. The summed E-state index contributed by atoms with van der Waals surface area (Å²) < 4.78 is 38.9. The number of hydrogen-bond donors (Lipinski definition) is 1. The van der Waals surface area contributed by atoms with Gasteiger partial charge in [-0.3, -0.25) is 0 Å². The summed E-state index contributed by atoms with van der Waals surface area (Å²) in [5.74, 6) is -0.562. The molecule has 0 spiro atoms. The van der Waals surface area contributed by atoms with Crippen LogP contribution in [0.2, 0.25) is 0 Å². The lowest BCUT2D eigenvalue weighted by atomic mass is 10.2. The molecule has 0 saturated heterocycles. The van der Waals surface area contributed by atoms with E-state index in [9.17, 15) is 12.8 Å². The van der Waals surface area contributed by atoms with E-state index in [0.29, 0.717) is 18.5 Å². The van der Waals surface area contributed by atoms with Gasteiger partial charge in [-0.15, -0.1) is 11.6 Å². The van der Waals surface area contributed by atoms with Crippen molar-refractivity contribution in [1.82, 2.24) is 4.72 Å². The molecule has 0 aliphatic heterocycles. The summed E-state index contributed by atoms with van der Waals surface area (Å²) in [5, 5.41) is 0. The van der Waals surface area contributed by atoms with Gasteiger partial charge in [-0.1, -0.05) is 13.0 Å². The SMILES string of the molecule is CCCNS(=O)(=O)c1cc(F)ccc1CCl. The van der Waals surface area contributed by atoms with Crippen molar-refractivity contribution in [2.45, 2.75) is 24.1 Å². The Bertz CT molecular complexity index is 462. The molecule has 1 N–H and O–H groups in total. The first kappa shape index (κ1) is 13.4. The molecule has 0 unspecified atom stereocenters. The van der Waals surface area contributed by atoms with E-state index in [1.54, 1.807) is 0 Å². The lowest BCUT2D eigenvalue weighted by Gasteiger charge is -2.09. The van der Waals surface area contributed by atoms with Gasteiger partial charge in [0.25, 0.3) is 0 Å². The maximum atomic E-state index is 13.0. The molecule has 0 amide bonds. The molecule has 0 fully saturated rings. The molecule has 0 radical (unpaired) electrons. The van der Waals surface area contributed by atoms with Gasteiger partial charge in [0, 0.05) is 12.4 Å². The summed E-state index contributed by atoms with van der Waals surface area (Å²) >= 11 is 5.61. The number of alkyl halides is 1. The highest BCUT2D eigenvalue weighted by atomic mass is 35.5. The van der Waals surface area contributed by atoms with E-state index in [1.165, 1.54) is 12.1 Å². The van der Waals surface area contributed by atoms with E-state index in [4.69, 9.17) is 11.6 Å². The van der Waals surface area contributed by atoms with E-state index < -0.39 is 15.8 Å². The Morgan fingerprint density at radius 1 is 1.44 bits per heavy atom. The molecule has 0 atom stereocenters. The van der Waals surface area contributed by atoms with Crippen LogP contribution in [0, 0.1) is 5.82 Å². The molecule has 6 heteroatoms. The molecule has 0 aliphatic carbocycles. The van der Waals surface area contributed by atoms with Gasteiger partial charge < -0.3 is 0 Å². The summed E-state index contributed by atoms with van der Waals surface area (Å²) in [7, 11) is -3.66. The highest BCUT2D eigenvalue weighted by Gasteiger charge is 2.18. The molecule has 0 saturated carbocycles. The topological polar surface area (TPSA) is 46.2 Å². The molecule has 1 aromatic rings. The molecule has 16 heavy (non-hydrogen) atoms. The van der Waals surface area contributed by atoms with Gasteiger partial charge in [-0.2, -0.15) is 0 Å². The molecule has 1 aromatic carbocycles. The number of nitrogens with one attached hydrogen (secondary N) is 1. The minimum absolute atomic E-state index is 0.0304. The molecule has 0 heterocycles. The standard InChI is InChI=1S/C10H13ClFNO2S/c1-2-5-13-16(14,15)10-6-9(12)4-3-8(10)7-11/h3-4,6,13H,2,5,7H2,1H3. The van der Waals surface area contributed by atoms with Crippen molar-refractivity contribution in [2.75, 3.05) is 6.54 Å². The van der Waals surface area contributed by atoms with Crippen molar-refractivity contribution in [1.29, 1.82) is 0 Å². The fourth-order valence-corrected chi connectivity index (χ4v) is 2.90. The Morgan fingerprint density at radius 2 is 2.12 bits per heavy atom. The molecule has 90 valence electrons. The third-order valence-corrected chi connectivity index (χ3v) is 3.84. The second kappa shape index (κ2) is 5.61. The molecule has 0 aliphatic rings. The first-order valence-electron chi connectivity index (χ1n) is 4.85. The Labute approximate surface area is 99.7 Å². The number of rotatable bonds is 5. The number of benzene rings is 1. The Balaban J connectivity index is 3.15. The van der Waals surface area contributed by atoms with Crippen molar-refractivity contribution < 1.29 is 12.8 Å². The van der Waals surface area contributed by atoms with Crippen LogP contribution in [0.15, 0.2) is 23.1 Å². The zero-order valence-corrected chi connectivity index (χ0v) is 10.4.